The minimum Gasteiger partial charge on any atom is -0.370 e. The summed E-state index contributed by atoms with van der Waals surface area (Å²) in [6, 6.07) is 15.3. The number of rotatable bonds is 15. The monoisotopic (exact) mass is 528 g/mol. The van der Waals surface area contributed by atoms with Crippen molar-refractivity contribution in [2.24, 2.45) is 11.5 Å². The summed E-state index contributed by atoms with van der Waals surface area (Å²) in [4.78, 5) is 50.0. The number of Topliss-reactive ketones (excluding diaryl/α,β-unsaturated/α-hetero) is 1. The van der Waals surface area contributed by atoms with Crippen molar-refractivity contribution >= 4 is 41.4 Å². The van der Waals surface area contributed by atoms with Crippen LogP contribution in [0.4, 0.5) is 0 Å². The molecule has 37 heavy (non-hydrogen) atoms. The van der Waals surface area contributed by atoms with Gasteiger partial charge in [-0.15, -0.1) is 11.6 Å². The summed E-state index contributed by atoms with van der Waals surface area (Å²) >= 11 is 5.84. The molecule has 4 unspecified atom stereocenters. The molecule has 0 saturated carbocycles. The Morgan fingerprint density at radius 2 is 1.43 bits per heavy atom. The van der Waals surface area contributed by atoms with Crippen molar-refractivity contribution in [1.82, 2.24) is 16.0 Å². The summed E-state index contributed by atoms with van der Waals surface area (Å²) in [6.45, 7) is 0.279. The lowest BCUT2D eigenvalue weighted by atomic mass is 10.0. The fourth-order valence-corrected chi connectivity index (χ4v) is 3.80. The Labute approximate surface area is 221 Å². The molecule has 0 bridgehead atoms. The van der Waals surface area contributed by atoms with Gasteiger partial charge in [-0.2, -0.15) is 0 Å². The van der Waals surface area contributed by atoms with Gasteiger partial charge in [0.2, 0.25) is 11.8 Å². The number of aldehydes is 1. The number of alkyl halides is 1. The number of hydrogen-bond acceptors (Lipinski definition) is 6. The van der Waals surface area contributed by atoms with E-state index in [0.717, 1.165) is 11.1 Å². The average molecular weight is 529 g/mol. The molecule has 0 aliphatic heterocycles. The fourth-order valence-electron chi connectivity index (χ4n) is 3.64. The number of ketones is 1. The van der Waals surface area contributed by atoms with E-state index in [4.69, 9.17) is 28.5 Å². The molecule has 0 aromatic heterocycles. The van der Waals surface area contributed by atoms with Crippen LogP contribution in [0, 0.1) is 5.41 Å². The predicted octanol–water partition coefficient (Wildman–Crippen LogP) is 0.407. The van der Waals surface area contributed by atoms with Gasteiger partial charge < -0.3 is 32.2 Å². The van der Waals surface area contributed by atoms with Crippen LogP contribution in [0.25, 0.3) is 0 Å². The zero-order valence-corrected chi connectivity index (χ0v) is 21.1. The molecule has 0 radical (unpaired) electrons. The molecule has 2 aromatic carbocycles. The first-order valence-corrected chi connectivity index (χ1v) is 12.3. The molecule has 2 rings (SSSR count). The third-order valence-corrected chi connectivity index (χ3v) is 5.91. The van der Waals surface area contributed by atoms with Gasteiger partial charge in [0, 0.05) is 13.0 Å². The highest BCUT2D eigenvalue weighted by Gasteiger charge is 2.30. The van der Waals surface area contributed by atoms with E-state index >= 15 is 0 Å². The highest BCUT2D eigenvalue weighted by Crippen LogP contribution is 2.09. The predicted molar refractivity (Wildman–Crippen MR) is 142 cm³/mol. The van der Waals surface area contributed by atoms with Crippen LogP contribution in [0.1, 0.15) is 24.0 Å². The van der Waals surface area contributed by atoms with E-state index in [1.165, 1.54) is 0 Å². The maximum atomic E-state index is 13.3. The van der Waals surface area contributed by atoms with E-state index in [2.05, 4.69) is 16.0 Å². The fraction of sp³-hybridized carbons (Fsp3) is 0.346. The second kappa shape index (κ2) is 15.4. The van der Waals surface area contributed by atoms with Crippen molar-refractivity contribution in [2.45, 2.75) is 49.2 Å². The Hall–Kier alpha value is -3.76. The van der Waals surface area contributed by atoms with Crippen LogP contribution in [0.2, 0.25) is 0 Å². The number of hydrogen-bond donors (Lipinski definition) is 6. The first-order valence-electron chi connectivity index (χ1n) is 11.9. The largest absolute Gasteiger partial charge is 0.370 e. The Balaban J connectivity index is 2.16. The van der Waals surface area contributed by atoms with Gasteiger partial charge in [0.25, 0.3) is 0 Å². The van der Waals surface area contributed by atoms with E-state index in [0.29, 0.717) is 12.7 Å². The quantitative estimate of drug-likeness (QED) is 0.0483. The molecule has 4 atom stereocenters. The van der Waals surface area contributed by atoms with Crippen LogP contribution in [-0.4, -0.2) is 59.9 Å². The molecule has 10 nitrogen and oxygen atoms in total. The molecular weight excluding hydrogens is 496 g/mol. The molecule has 0 spiro atoms. The van der Waals surface area contributed by atoms with Crippen LogP contribution in [0.3, 0.4) is 0 Å². The molecule has 0 aliphatic rings. The van der Waals surface area contributed by atoms with Gasteiger partial charge in [0.1, 0.15) is 17.7 Å². The third-order valence-electron chi connectivity index (χ3n) is 5.59. The number of nitrogens with two attached hydrogens (primary N) is 2. The molecular formula is C26H33ClN6O4. The zero-order valence-electron chi connectivity index (χ0n) is 20.4. The highest BCUT2D eigenvalue weighted by atomic mass is 35.5. The lowest BCUT2D eigenvalue weighted by molar-refractivity contribution is -0.132. The second-order valence-electron chi connectivity index (χ2n) is 8.53. The number of nitrogens with one attached hydrogen (secondary N) is 4. The van der Waals surface area contributed by atoms with Crippen molar-refractivity contribution in [2.75, 3.05) is 6.54 Å². The molecule has 0 saturated heterocycles. The van der Waals surface area contributed by atoms with E-state index < -0.39 is 41.1 Å². The SMILES string of the molecule is N=C(N)NCCCC(NC(=O)C(Cc1ccccc1)NC(=O)C(N)Cc1ccccc1)C(=O)C(Cl)C=O. The van der Waals surface area contributed by atoms with Gasteiger partial charge >= 0.3 is 0 Å². The second-order valence-corrected chi connectivity index (χ2v) is 9.00. The number of carbonyl (C=O) groups excluding carboxylic acids is 4. The van der Waals surface area contributed by atoms with Gasteiger partial charge in [-0.3, -0.25) is 19.8 Å². The first-order chi connectivity index (χ1) is 17.7. The van der Waals surface area contributed by atoms with Gasteiger partial charge in [-0.05, 0) is 30.4 Å². The molecule has 0 heterocycles. The molecule has 2 aromatic rings. The molecule has 0 aliphatic carbocycles. The van der Waals surface area contributed by atoms with Crippen LogP contribution in [-0.2, 0) is 32.0 Å². The molecule has 8 N–H and O–H groups in total. The van der Waals surface area contributed by atoms with Gasteiger partial charge in [-0.25, -0.2) is 0 Å². The van der Waals surface area contributed by atoms with Gasteiger partial charge in [0.05, 0.1) is 12.1 Å². The maximum absolute atomic E-state index is 13.3. The van der Waals surface area contributed by atoms with E-state index in [1.54, 1.807) is 0 Å². The van der Waals surface area contributed by atoms with Crippen LogP contribution in [0.15, 0.2) is 60.7 Å². The lowest BCUT2D eigenvalue weighted by Gasteiger charge is -2.24. The zero-order chi connectivity index (χ0) is 27.2. The number of amides is 2. The van der Waals surface area contributed by atoms with Crippen molar-refractivity contribution < 1.29 is 19.2 Å². The van der Waals surface area contributed by atoms with Crippen LogP contribution in [0.5, 0.6) is 0 Å². The number of carbonyl (C=O) groups is 4. The maximum Gasteiger partial charge on any atom is 0.243 e. The van der Waals surface area contributed by atoms with Crippen molar-refractivity contribution in [3.8, 4) is 0 Å². The summed E-state index contributed by atoms with van der Waals surface area (Å²) in [7, 11) is 0. The van der Waals surface area contributed by atoms with Crippen LogP contribution >= 0.6 is 11.6 Å². The molecule has 198 valence electrons. The summed E-state index contributed by atoms with van der Waals surface area (Å²) in [5.41, 5.74) is 13.0. The number of guanidine groups is 1. The number of benzene rings is 2. The van der Waals surface area contributed by atoms with Crippen molar-refractivity contribution in [3.05, 3.63) is 71.8 Å². The minimum atomic E-state index is -1.44. The normalized spacial score (nSPS) is 13.9. The minimum absolute atomic E-state index is 0.140. The van der Waals surface area contributed by atoms with Crippen molar-refractivity contribution in [1.29, 1.82) is 5.41 Å². The van der Waals surface area contributed by atoms with Gasteiger partial charge in [-0.1, -0.05) is 60.7 Å². The van der Waals surface area contributed by atoms with Crippen LogP contribution < -0.4 is 27.4 Å². The Kier molecular flexibility index (Phi) is 12.2. The first kappa shape index (κ1) is 29.5. The van der Waals surface area contributed by atoms with E-state index in [9.17, 15) is 19.2 Å². The Bertz CT molecular complexity index is 1050. The molecule has 11 heteroatoms. The topological polar surface area (TPSA) is 180 Å². The summed E-state index contributed by atoms with van der Waals surface area (Å²) in [6.07, 6.45) is 1.23. The Morgan fingerprint density at radius 1 is 0.892 bits per heavy atom. The number of halogens is 1. The van der Waals surface area contributed by atoms with E-state index in [1.807, 2.05) is 60.7 Å². The van der Waals surface area contributed by atoms with Crippen molar-refractivity contribution in [3.63, 3.8) is 0 Å². The molecule has 0 fully saturated rings. The Morgan fingerprint density at radius 3 is 1.97 bits per heavy atom. The summed E-state index contributed by atoms with van der Waals surface area (Å²) < 4.78 is 0. The van der Waals surface area contributed by atoms with E-state index in [-0.39, 0.29) is 31.8 Å². The average Bonchev–Trinajstić information content (AvgIpc) is 2.89. The third kappa shape index (κ3) is 10.4. The molecule has 2 amide bonds. The lowest BCUT2D eigenvalue weighted by Crippen LogP contribution is -2.56. The van der Waals surface area contributed by atoms with Gasteiger partial charge in [0.15, 0.2) is 11.7 Å². The highest BCUT2D eigenvalue weighted by molar-refractivity contribution is 6.39. The summed E-state index contributed by atoms with van der Waals surface area (Å²) in [5.74, 6) is -2.03. The smallest absolute Gasteiger partial charge is 0.243 e. The standard InChI is InChI=1S/C26H33ClN6O4/c27-19(16-34)23(35)21(12-7-13-31-26(29)30)32-25(37)22(15-18-10-5-2-6-11-18)33-24(36)20(28)14-17-8-3-1-4-9-17/h1-6,8-11,16,19-22H,7,12-15,28H2,(H,32,37)(H,33,36)(H4,29,30,31). The summed E-state index contributed by atoms with van der Waals surface area (Å²) in [5, 5.41) is 13.7.